The van der Waals surface area contributed by atoms with Gasteiger partial charge in [-0.3, -0.25) is 0 Å². The van der Waals surface area contributed by atoms with Crippen LogP contribution < -0.4 is 0 Å². The molecule has 0 aliphatic heterocycles. The van der Waals surface area contributed by atoms with Gasteiger partial charge in [0, 0.05) is 0 Å². The van der Waals surface area contributed by atoms with Gasteiger partial charge in [0.25, 0.3) is 0 Å². The summed E-state index contributed by atoms with van der Waals surface area (Å²) >= 11 is 0. The van der Waals surface area contributed by atoms with Gasteiger partial charge >= 0.3 is 0 Å². The lowest BCUT2D eigenvalue weighted by atomic mass is 10.0. The van der Waals surface area contributed by atoms with Gasteiger partial charge in [0.2, 0.25) is 0 Å². The molecule has 0 bridgehead atoms. The van der Waals surface area contributed by atoms with Crippen molar-refractivity contribution in [2.24, 2.45) is 0 Å². The topological polar surface area (TPSA) is 0 Å². The molecule has 1 unspecified atom stereocenters. The molecule has 0 aliphatic rings. The zero-order valence-corrected chi connectivity index (χ0v) is 9.76. The number of hydrogen-bond donors (Lipinski definition) is 0. The van der Waals surface area contributed by atoms with Crippen molar-refractivity contribution < 1.29 is 0 Å². The Morgan fingerprint density at radius 3 is 1.92 bits per heavy atom. The maximum atomic E-state index is 2.78. The Morgan fingerprint density at radius 2 is 1.58 bits per heavy atom. The lowest BCUT2D eigenvalue weighted by Gasteiger charge is -2.05. The molecule has 0 saturated heterocycles. The monoisotopic (exact) mass is 186 g/mol. The van der Waals surface area contributed by atoms with Crippen LogP contribution in [0, 0.1) is 0 Å². The molecule has 0 N–H and O–H groups in total. The Kier molecular flexibility index (Phi) is 9.39. The van der Waals surface area contributed by atoms with Gasteiger partial charge in [0.05, 0.1) is 0 Å². The molecule has 0 nitrogen and oxygen atoms in total. The molecule has 0 rings (SSSR count). The first kappa shape index (κ1) is 12.2. The average Bonchev–Trinajstić information content (AvgIpc) is 2.10. The van der Waals surface area contributed by atoms with Crippen molar-refractivity contribution in [1.29, 1.82) is 0 Å². The van der Waals surface area contributed by atoms with Crippen LogP contribution >= 0.6 is 9.24 Å². The van der Waals surface area contributed by atoms with E-state index in [1.165, 1.54) is 38.5 Å². The SMILES string of the molecule is CCCCC(=CCP)CCCC. The second-order valence-corrected chi connectivity index (χ2v) is 3.78. The summed E-state index contributed by atoms with van der Waals surface area (Å²) in [5.74, 6) is 0. The van der Waals surface area contributed by atoms with Crippen molar-refractivity contribution in [1.82, 2.24) is 0 Å². The van der Waals surface area contributed by atoms with E-state index in [2.05, 4.69) is 29.2 Å². The van der Waals surface area contributed by atoms with Crippen LogP contribution in [0.25, 0.3) is 0 Å². The van der Waals surface area contributed by atoms with Gasteiger partial charge in [0.1, 0.15) is 0 Å². The molecule has 0 aromatic carbocycles. The fourth-order valence-corrected chi connectivity index (χ4v) is 1.64. The molecule has 0 saturated carbocycles. The maximum Gasteiger partial charge on any atom is -0.0197 e. The zero-order chi connectivity index (χ0) is 9.23. The van der Waals surface area contributed by atoms with Crippen LogP contribution in [0.2, 0.25) is 0 Å². The summed E-state index contributed by atoms with van der Waals surface area (Å²) in [6, 6.07) is 0. The van der Waals surface area contributed by atoms with Crippen molar-refractivity contribution in [2.75, 3.05) is 6.16 Å². The summed E-state index contributed by atoms with van der Waals surface area (Å²) in [7, 11) is 2.78. The third kappa shape index (κ3) is 6.85. The molecule has 0 aromatic heterocycles. The van der Waals surface area contributed by atoms with E-state index >= 15 is 0 Å². The summed E-state index contributed by atoms with van der Waals surface area (Å²) in [4.78, 5) is 0. The van der Waals surface area contributed by atoms with E-state index in [1.807, 2.05) is 0 Å². The highest BCUT2D eigenvalue weighted by molar-refractivity contribution is 7.16. The van der Waals surface area contributed by atoms with E-state index in [0.29, 0.717) is 0 Å². The number of rotatable bonds is 7. The highest BCUT2D eigenvalue weighted by Crippen LogP contribution is 2.15. The van der Waals surface area contributed by atoms with E-state index < -0.39 is 0 Å². The fourth-order valence-electron chi connectivity index (χ4n) is 1.30. The second-order valence-electron chi connectivity index (χ2n) is 3.31. The third-order valence-corrected chi connectivity index (χ3v) is 2.35. The van der Waals surface area contributed by atoms with E-state index in [0.717, 1.165) is 6.16 Å². The fraction of sp³-hybridized carbons (Fsp3) is 0.818. The molecule has 72 valence electrons. The molecular formula is C11H23P. The molecule has 0 radical (unpaired) electrons. The van der Waals surface area contributed by atoms with Crippen molar-refractivity contribution in [3.63, 3.8) is 0 Å². The van der Waals surface area contributed by atoms with Crippen LogP contribution in [0.3, 0.4) is 0 Å². The summed E-state index contributed by atoms with van der Waals surface area (Å²) in [6.07, 6.45) is 11.5. The number of unbranched alkanes of at least 4 members (excludes halogenated alkanes) is 2. The first-order valence-electron chi connectivity index (χ1n) is 5.23. The Bertz CT molecular complexity index is 106. The second kappa shape index (κ2) is 9.26. The van der Waals surface area contributed by atoms with Gasteiger partial charge in [-0.15, -0.1) is 9.24 Å². The minimum atomic E-state index is 1.13. The summed E-state index contributed by atoms with van der Waals surface area (Å²) in [5, 5.41) is 0. The van der Waals surface area contributed by atoms with Crippen LogP contribution in [0.1, 0.15) is 52.4 Å². The quantitative estimate of drug-likeness (QED) is 0.413. The minimum absolute atomic E-state index is 1.13. The molecule has 0 fully saturated rings. The largest absolute Gasteiger partial charge is 0.134 e. The molecule has 0 heterocycles. The minimum Gasteiger partial charge on any atom is -0.134 e. The summed E-state index contributed by atoms with van der Waals surface area (Å²) < 4.78 is 0. The Morgan fingerprint density at radius 1 is 1.08 bits per heavy atom. The number of allylic oxidation sites excluding steroid dienone is 2. The molecular weight excluding hydrogens is 163 g/mol. The molecule has 12 heavy (non-hydrogen) atoms. The molecule has 0 spiro atoms. The zero-order valence-electron chi connectivity index (χ0n) is 8.60. The molecule has 0 amide bonds. The third-order valence-electron chi connectivity index (χ3n) is 2.11. The van der Waals surface area contributed by atoms with E-state index in [-0.39, 0.29) is 0 Å². The first-order valence-corrected chi connectivity index (χ1v) is 6.04. The van der Waals surface area contributed by atoms with Crippen LogP contribution in [0.15, 0.2) is 11.6 Å². The first-order chi connectivity index (χ1) is 5.85. The van der Waals surface area contributed by atoms with Crippen molar-refractivity contribution >= 4 is 9.24 Å². The normalized spacial score (nSPS) is 9.92. The highest BCUT2D eigenvalue weighted by atomic mass is 31.0. The van der Waals surface area contributed by atoms with Gasteiger partial charge in [-0.25, -0.2) is 0 Å². The standard InChI is InChI=1S/C11H23P/c1-3-5-7-11(9-10-12)8-6-4-2/h9H,3-8,10,12H2,1-2H3. The predicted molar refractivity (Wildman–Crippen MR) is 61.7 cm³/mol. The van der Waals surface area contributed by atoms with E-state index in [4.69, 9.17) is 0 Å². The van der Waals surface area contributed by atoms with Crippen LogP contribution in [-0.4, -0.2) is 6.16 Å². The maximum absolute atomic E-state index is 2.78. The average molecular weight is 186 g/mol. The number of hydrogen-bond acceptors (Lipinski definition) is 0. The van der Waals surface area contributed by atoms with E-state index in [1.54, 1.807) is 5.57 Å². The lowest BCUT2D eigenvalue weighted by Crippen LogP contribution is -1.85. The van der Waals surface area contributed by atoms with Crippen LogP contribution in [-0.2, 0) is 0 Å². The summed E-state index contributed by atoms with van der Waals surface area (Å²) in [6.45, 7) is 4.52. The molecule has 0 aliphatic carbocycles. The Balaban J connectivity index is 3.62. The lowest BCUT2D eigenvalue weighted by molar-refractivity contribution is 0.711. The van der Waals surface area contributed by atoms with Gasteiger partial charge in [-0.1, -0.05) is 38.3 Å². The van der Waals surface area contributed by atoms with Gasteiger partial charge < -0.3 is 0 Å². The molecule has 1 atom stereocenters. The predicted octanol–water partition coefficient (Wildman–Crippen LogP) is 4.17. The van der Waals surface area contributed by atoms with E-state index in [9.17, 15) is 0 Å². The highest BCUT2D eigenvalue weighted by Gasteiger charge is 1.95. The van der Waals surface area contributed by atoms with Gasteiger partial charge in [0.15, 0.2) is 0 Å². The van der Waals surface area contributed by atoms with Crippen LogP contribution in [0.4, 0.5) is 0 Å². The van der Waals surface area contributed by atoms with Crippen LogP contribution in [0.5, 0.6) is 0 Å². The summed E-state index contributed by atoms with van der Waals surface area (Å²) in [5.41, 5.74) is 1.67. The van der Waals surface area contributed by atoms with Gasteiger partial charge in [-0.2, -0.15) is 0 Å². The smallest absolute Gasteiger partial charge is 0.0197 e. The van der Waals surface area contributed by atoms with Gasteiger partial charge in [-0.05, 0) is 31.8 Å². The molecule has 0 aromatic rings. The molecule has 1 heteroatoms. The van der Waals surface area contributed by atoms with Crippen molar-refractivity contribution in [3.8, 4) is 0 Å². The van der Waals surface area contributed by atoms with Crippen molar-refractivity contribution in [3.05, 3.63) is 11.6 Å². The van der Waals surface area contributed by atoms with Crippen molar-refractivity contribution in [2.45, 2.75) is 52.4 Å². The Hall–Kier alpha value is 0.170. The Labute approximate surface area is 80.0 Å².